The monoisotopic (exact) mass is 447 g/mol. The Bertz CT molecular complexity index is 926. The summed E-state index contributed by atoms with van der Waals surface area (Å²) in [4.78, 5) is 30.8. The number of anilines is 1. The number of hydrogen-bond acceptors (Lipinski definition) is 6. The Morgan fingerprint density at radius 3 is 2.75 bits per heavy atom. The number of carbonyl (C=O) groups excluding carboxylic acids is 2. The van der Waals surface area contributed by atoms with Crippen LogP contribution in [-0.4, -0.2) is 47.1 Å². The summed E-state index contributed by atoms with van der Waals surface area (Å²) in [5, 5.41) is 5.88. The average Bonchev–Trinajstić information content (AvgIpc) is 3.12. The number of nitrogens with one attached hydrogen (secondary N) is 2. The summed E-state index contributed by atoms with van der Waals surface area (Å²) in [5.41, 5.74) is 7.11. The third kappa shape index (κ3) is 5.77. The van der Waals surface area contributed by atoms with Gasteiger partial charge in [0, 0.05) is 42.1 Å². The highest BCUT2D eigenvalue weighted by molar-refractivity contribution is 6.01. The first-order chi connectivity index (χ1) is 15.0. The third-order valence-electron chi connectivity index (χ3n) is 5.69. The standard InChI is InChI=1S/C23H34FN5O3/c1-7-19(30)28-21-17-12-29(22(31)16(17)9-10-27-21)15(4)18(26-6)11-14(3)20(25)32-13-23(5,24)8-2/h9-11,15,26H,7-8,12-13,25H2,1-6H3,(H,27,28,30)/b18-11-,20-14+. The molecule has 2 atom stereocenters. The summed E-state index contributed by atoms with van der Waals surface area (Å²) < 4.78 is 19.5. The highest BCUT2D eigenvalue weighted by atomic mass is 19.1. The van der Waals surface area contributed by atoms with Crippen LogP contribution in [0.5, 0.6) is 0 Å². The van der Waals surface area contributed by atoms with Gasteiger partial charge in [-0.1, -0.05) is 13.8 Å². The van der Waals surface area contributed by atoms with Gasteiger partial charge in [0.1, 0.15) is 18.1 Å². The van der Waals surface area contributed by atoms with Gasteiger partial charge in [-0.2, -0.15) is 0 Å². The van der Waals surface area contributed by atoms with E-state index in [-0.39, 0.29) is 30.3 Å². The Hall–Kier alpha value is -3.10. The minimum atomic E-state index is -1.46. The lowest BCUT2D eigenvalue weighted by Crippen LogP contribution is -2.38. The van der Waals surface area contributed by atoms with Crippen molar-refractivity contribution in [2.75, 3.05) is 19.0 Å². The second-order valence-corrected chi connectivity index (χ2v) is 8.15. The van der Waals surface area contributed by atoms with Crippen molar-refractivity contribution in [3.8, 4) is 0 Å². The van der Waals surface area contributed by atoms with Gasteiger partial charge in [-0.05, 0) is 39.3 Å². The number of pyridine rings is 1. The molecule has 9 heteroatoms. The molecule has 0 spiro atoms. The fraction of sp³-hybridized carbons (Fsp3) is 0.522. The normalized spacial score (nSPS) is 17.3. The van der Waals surface area contributed by atoms with Crippen LogP contribution in [-0.2, 0) is 16.1 Å². The first-order valence-corrected chi connectivity index (χ1v) is 10.8. The Labute approximate surface area is 189 Å². The smallest absolute Gasteiger partial charge is 0.255 e. The topological polar surface area (TPSA) is 110 Å². The van der Waals surface area contributed by atoms with Crippen molar-refractivity contribution in [3.05, 3.63) is 46.6 Å². The van der Waals surface area contributed by atoms with Crippen LogP contribution in [0.4, 0.5) is 10.2 Å². The van der Waals surface area contributed by atoms with Crippen LogP contribution in [0.25, 0.3) is 0 Å². The Balaban J connectivity index is 2.23. The highest BCUT2D eigenvalue weighted by Gasteiger charge is 2.34. The molecule has 0 saturated carbocycles. The molecule has 0 aliphatic carbocycles. The molecule has 1 aromatic heterocycles. The highest BCUT2D eigenvalue weighted by Crippen LogP contribution is 2.30. The first-order valence-electron chi connectivity index (χ1n) is 10.8. The van der Waals surface area contributed by atoms with Crippen LogP contribution in [0.2, 0.25) is 0 Å². The third-order valence-corrected chi connectivity index (χ3v) is 5.69. The average molecular weight is 448 g/mol. The number of amides is 2. The van der Waals surface area contributed by atoms with Crippen LogP contribution in [0.1, 0.15) is 63.4 Å². The number of nitrogens with zero attached hydrogens (tertiary/aromatic N) is 2. The zero-order chi connectivity index (χ0) is 24.1. The molecule has 0 aromatic carbocycles. The number of ether oxygens (including phenoxy) is 1. The summed E-state index contributed by atoms with van der Waals surface area (Å²) in [7, 11) is 1.75. The second kappa shape index (κ2) is 10.5. The number of carbonyl (C=O) groups is 2. The van der Waals surface area contributed by atoms with Gasteiger partial charge in [0.25, 0.3) is 5.91 Å². The number of nitrogens with two attached hydrogens (primary N) is 1. The van der Waals surface area contributed by atoms with Crippen LogP contribution >= 0.6 is 0 Å². The van der Waals surface area contributed by atoms with Crippen molar-refractivity contribution in [2.45, 2.75) is 65.7 Å². The van der Waals surface area contributed by atoms with E-state index in [1.807, 2.05) is 6.92 Å². The summed E-state index contributed by atoms with van der Waals surface area (Å²) in [6, 6.07) is 1.34. The van der Waals surface area contributed by atoms with Crippen molar-refractivity contribution in [1.82, 2.24) is 15.2 Å². The minimum absolute atomic E-state index is 0.132. The molecule has 176 valence electrons. The molecule has 32 heavy (non-hydrogen) atoms. The van der Waals surface area contributed by atoms with Gasteiger partial charge in [-0.25, -0.2) is 9.37 Å². The van der Waals surface area contributed by atoms with Crippen molar-refractivity contribution in [2.24, 2.45) is 5.73 Å². The Morgan fingerprint density at radius 1 is 1.47 bits per heavy atom. The molecule has 1 aliphatic heterocycles. The molecule has 2 unspecified atom stereocenters. The molecule has 1 aromatic rings. The van der Waals surface area contributed by atoms with Crippen molar-refractivity contribution in [1.29, 1.82) is 0 Å². The molecule has 1 aliphatic rings. The largest absolute Gasteiger partial charge is 0.476 e. The van der Waals surface area contributed by atoms with Crippen molar-refractivity contribution in [3.63, 3.8) is 0 Å². The van der Waals surface area contributed by atoms with Gasteiger partial charge in [0.2, 0.25) is 5.91 Å². The lowest BCUT2D eigenvalue weighted by Gasteiger charge is -2.27. The van der Waals surface area contributed by atoms with Gasteiger partial charge in [-0.3, -0.25) is 9.59 Å². The number of fused-ring (bicyclic) bond motifs is 1. The number of halogens is 1. The quantitative estimate of drug-likeness (QED) is 0.375. The Kier molecular flexibility index (Phi) is 8.24. The van der Waals surface area contributed by atoms with E-state index in [2.05, 4.69) is 15.6 Å². The number of hydrogen-bond donors (Lipinski definition) is 3. The number of aromatic nitrogens is 1. The summed E-state index contributed by atoms with van der Waals surface area (Å²) >= 11 is 0. The molecule has 0 saturated heterocycles. The van der Waals surface area contributed by atoms with Crippen LogP contribution in [0, 0.1) is 0 Å². The minimum Gasteiger partial charge on any atom is -0.476 e. The van der Waals surface area contributed by atoms with E-state index in [1.165, 1.54) is 13.1 Å². The molecule has 2 heterocycles. The Morgan fingerprint density at radius 2 is 2.16 bits per heavy atom. The van der Waals surface area contributed by atoms with Gasteiger partial charge in [-0.15, -0.1) is 0 Å². The summed E-state index contributed by atoms with van der Waals surface area (Å²) in [6.07, 6.45) is 3.95. The van der Waals surface area contributed by atoms with E-state index in [0.29, 0.717) is 41.9 Å². The van der Waals surface area contributed by atoms with Crippen LogP contribution in [0.15, 0.2) is 35.5 Å². The van der Waals surface area contributed by atoms with E-state index < -0.39 is 5.67 Å². The zero-order valence-corrected chi connectivity index (χ0v) is 19.7. The predicted octanol–water partition coefficient (Wildman–Crippen LogP) is 3.22. The van der Waals surface area contributed by atoms with Gasteiger partial charge in [0.15, 0.2) is 5.88 Å². The van der Waals surface area contributed by atoms with E-state index in [0.717, 1.165) is 5.70 Å². The molecule has 8 nitrogen and oxygen atoms in total. The number of alkyl halides is 1. The molecule has 0 fully saturated rings. The van der Waals surface area contributed by atoms with Crippen molar-refractivity contribution >= 4 is 17.6 Å². The van der Waals surface area contributed by atoms with Gasteiger partial charge in [0.05, 0.1) is 12.6 Å². The van der Waals surface area contributed by atoms with E-state index >= 15 is 0 Å². The van der Waals surface area contributed by atoms with E-state index in [1.54, 1.807) is 44.9 Å². The number of likely N-dealkylation sites (N-methyl/N-ethyl adjacent to an activating group) is 1. The predicted molar refractivity (Wildman–Crippen MR) is 122 cm³/mol. The van der Waals surface area contributed by atoms with E-state index in [4.69, 9.17) is 10.5 Å². The maximum Gasteiger partial charge on any atom is 0.255 e. The van der Waals surface area contributed by atoms with Gasteiger partial charge < -0.3 is 26.0 Å². The molecular weight excluding hydrogens is 413 g/mol. The lowest BCUT2D eigenvalue weighted by atomic mass is 10.1. The lowest BCUT2D eigenvalue weighted by molar-refractivity contribution is -0.115. The summed E-state index contributed by atoms with van der Waals surface area (Å²) in [6.45, 7) is 8.81. The maximum absolute atomic E-state index is 14.1. The molecule has 0 radical (unpaired) electrons. The first kappa shape index (κ1) is 25.2. The fourth-order valence-electron chi connectivity index (χ4n) is 3.21. The molecule has 2 amide bonds. The summed E-state index contributed by atoms with van der Waals surface area (Å²) in [5.74, 6) is 0.229. The molecule has 2 rings (SSSR count). The van der Waals surface area contributed by atoms with Crippen molar-refractivity contribution < 1.29 is 18.7 Å². The SMILES string of the molecule is CCC(=O)Nc1nccc2c1CN(C(C)/C(=C/C(C)=C(\N)OCC(C)(F)CC)NC)C2=O. The molecule has 4 N–H and O–H groups in total. The fourth-order valence-corrected chi connectivity index (χ4v) is 3.21. The number of allylic oxidation sites excluding steroid dienone is 2. The zero-order valence-electron chi connectivity index (χ0n) is 19.7. The maximum atomic E-state index is 14.1. The molecule has 0 bridgehead atoms. The van der Waals surface area contributed by atoms with Gasteiger partial charge >= 0.3 is 0 Å². The van der Waals surface area contributed by atoms with Crippen LogP contribution in [0.3, 0.4) is 0 Å². The van der Waals surface area contributed by atoms with Crippen LogP contribution < -0.4 is 16.4 Å². The second-order valence-electron chi connectivity index (χ2n) is 8.15. The van der Waals surface area contributed by atoms with E-state index in [9.17, 15) is 14.0 Å². The number of rotatable bonds is 10. The molecular formula is C23H34FN5O3.